The van der Waals surface area contributed by atoms with Crippen molar-refractivity contribution in [3.63, 3.8) is 0 Å². The third kappa shape index (κ3) is 11.0. The van der Waals surface area contributed by atoms with Gasteiger partial charge in [-0.25, -0.2) is 9.67 Å². The monoisotopic (exact) mass is 868 g/mol. The van der Waals surface area contributed by atoms with Crippen LogP contribution in [0.4, 0.5) is 0 Å². The van der Waals surface area contributed by atoms with Crippen molar-refractivity contribution in [2.75, 3.05) is 6.54 Å². The molecule has 0 radical (unpaired) electrons. The molecule has 1 heterocycles. The maximum Gasteiger partial charge on any atom is 1.00 e. The maximum atomic E-state index is 12.4. The molecule has 1 aromatic heterocycles. The molecule has 0 saturated heterocycles. The number of carbonyl (C=O) groups excluding carboxylic acids is 2. The normalized spacial score (nSPS) is 27.5. The van der Waals surface area contributed by atoms with E-state index in [1.165, 1.54) is 6.33 Å². The predicted octanol–water partition coefficient (Wildman–Crippen LogP) is -1.96. The average molecular weight is 869 g/mol. The van der Waals surface area contributed by atoms with E-state index in [0.29, 0.717) is 30.1 Å². The van der Waals surface area contributed by atoms with Crippen LogP contribution < -0.4 is 74.6 Å². The summed E-state index contributed by atoms with van der Waals surface area (Å²) in [6, 6.07) is 10.6. The number of ketones is 2. The van der Waals surface area contributed by atoms with Crippen LogP contribution in [0.2, 0.25) is 0 Å². The van der Waals surface area contributed by atoms with Gasteiger partial charge in [0.25, 0.3) is 0 Å². The number of aromatic nitrogens is 3. The molecule has 308 valence electrons. The number of nitrogens with zero attached hydrogens (tertiary/aromatic N) is 5. The minimum absolute atomic E-state index is 0. The van der Waals surface area contributed by atoms with Gasteiger partial charge in [-0.1, -0.05) is 50.3 Å². The first-order chi connectivity index (χ1) is 26.2. The Labute approximate surface area is 390 Å². The molecule has 0 amide bonds. The van der Waals surface area contributed by atoms with E-state index in [4.69, 9.17) is 20.6 Å². The Balaban J connectivity index is 0.000000312. The third-order valence-electron chi connectivity index (χ3n) is 12.4. The van der Waals surface area contributed by atoms with Gasteiger partial charge in [0.15, 0.2) is 26.1 Å². The first-order valence-corrected chi connectivity index (χ1v) is 21.8. The van der Waals surface area contributed by atoms with Crippen molar-refractivity contribution in [3.05, 3.63) is 83.5 Å². The van der Waals surface area contributed by atoms with E-state index in [1.807, 2.05) is 45.9 Å². The maximum absolute atomic E-state index is 12.4. The van der Waals surface area contributed by atoms with E-state index in [2.05, 4.69) is 48.7 Å². The van der Waals surface area contributed by atoms with Gasteiger partial charge < -0.3 is 39.5 Å². The zero-order valence-electron chi connectivity index (χ0n) is 35.2. The first-order valence-electron chi connectivity index (χ1n) is 18.7. The summed E-state index contributed by atoms with van der Waals surface area (Å²) in [5.41, 5.74) is 8.49. The Morgan fingerprint density at radius 2 is 1.56 bits per heavy atom. The molecule has 4 aliphatic rings. The minimum Gasteiger partial charge on any atom is -0.776 e. The summed E-state index contributed by atoms with van der Waals surface area (Å²) in [4.78, 5) is 65.7. The fourth-order valence-electron chi connectivity index (χ4n) is 8.75. The molecule has 0 bridgehead atoms. The number of nitrogens with two attached hydrogens (primary N) is 1. The number of rotatable bonds is 8. The predicted molar refractivity (Wildman–Crippen MR) is 207 cm³/mol. The van der Waals surface area contributed by atoms with Crippen LogP contribution in [-0.4, -0.2) is 52.9 Å². The van der Waals surface area contributed by atoms with Crippen LogP contribution in [0.1, 0.15) is 96.8 Å². The van der Waals surface area contributed by atoms with Crippen LogP contribution in [0.3, 0.4) is 0 Å². The van der Waals surface area contributed by atoms with Gasteiger partial charge in [-0.3, -0.25) is 9.59 Å². The molecule has 59 heavy (non-hydrogen) atoms. The van der Waals surface area contributed by atoms with E-state index in [-0.39, 0.29) is 75.7 Å². The van der Waals surface area contributed by atoms with Crippen molar-refractivity contribution in [1.29, 1.82) is 10.5 Å². The molecular formula is C40H52N6Na2O9P2. The number of aliphatic hydroxyl groups is 1. The van der Waals surface area contributed by atoms with E-state index in [1.54, 1.807) is 23.2 Å². The van der Waals surface area contributed by atoms with Gasteiger partial charge in [0.1, 0.15) is 18.4 Å². The Morgan fingerprint density at radius 3 is 2.02 bits per heavy atom. The average Bonchev–Trinajstić information content (AvgIpc) is 3.75. The molecule has 2 unspecified atom stereocenters. The van der Waals surface area contributed by atoms with Crippen LogP contribution in [0, 0.1) is 51.2 Å². The topological polar surface area (TPSA) is 279 Å². The second-order valence-electron chi connectivity index (χ2n) is 17.0. The number of fused-ring (bicyclic) bond motifs is 5. The van der Waals surface area contributed by atoms with Crippen molar-refractivity contribution in [1.82, 2.24) is 14.8 Å². The van der Waals surface area contributed by atoms with Gasteiger partial charge in [-0.2, -0.15) is 15.6 Å². The number of carbonyl (C=O) groups is 2. The van der Waals surface area contributed by atoms with Crippen LogP contribution in [0.15, 0.2) is 66.8 Å². The number of allylic oxidation sites excluding steroid dienone is 5. The second kappa shape index (κ2) is 19.7. The summed E-state index contributed by atoms with van der Waals surface area (Å²) in [5, 5.41) is 28.3. The van der Waals surface area contributed by atoms with Crippen molar-refractivity contribution < 1.29 is 103 Å². The molecule has 6 rings (SSSR count). The van der Waals surface area contributed by atoms with Crippen LogP contribution in [0.5, 0.6) is 0 Å². The van der Waals surface area contributed by atoms with E-state index in [0.717, 1.165) is 59.9 Å². The van der Waals surface area contributed by atoms with Crippen molar-refractivity contribution in [3.8, 4) is 12.1 Å². The molecule has 3 saturated carbocycles. The number of hydrogen-bond acceptors (Lipinski definition) is 12. The van der Waals surface area contributed by atoms with Gasteiger partial charge in [-0.05, 0) is 112 Å². The zero-order chi connectivity index (χ0) is 43.0. The fraction of sp³-hybridized carbons (Fsp3) is 0.550. The summed E-state index contributed by atoms with van der Waals surface area (Å²) in [7, 11) is -11.3. The second-order valence-corrected chi connectivity index (χ2v) is 20.9. The van der Waals surface area contributed by atoms with Crippen LogP contribution >= 0.6 is 15.2 Å². The SMILES string of the molecule is C=C1C[C@@H]2[C@H](CC[C@]3(C)C(=O)CC[C@@H]23)[C@@]2(C)C=CC(=O)C=C12.CC(C)(C#N)c1cc(Cn2cncn2)cc(C(C)(C)C#N)c1.NCCC(O)(P(=O)([O-])O)P(=O)([O-])O.[Na+].[Na+]. The molecule has 4 aliphatic carbocycles. The molecule has 3 fully saturated rings. The van der Waals surface area contributed by atoms with Gasteiger partial charge in [-0.15, -0.1) is 0 Å². The minimum atomic E-state index is -5.63. The van der Waals surface area contributed by atoms with Gasteiger partial charge >= 0.3 is 59.1 Å². The Bertz CT molecular complexity index is 2090. The van der Waals surface area contributed by atoms with Crippen molar-refractivity contribution in [2.45, 2.75) is 103 Å². The third-order valence-corrected chi connectivity index (χ3v) is 16.2. The van der Waals surface area contributed by atoms with Crippen molar-refractivity contribution >= 4 is 26.8 Å². The van der Waals surface area contributed by atoms with Crippen LogP contribution in [-0.2, 0) is 36.1 Å². The van der Waals surface area contributed by atoms with E-state index in [9.17, 15) is 39.0 Å². The molecule has 7 atom stereocenters. The Hall–Kier alpha value is -1.88. The smallest absolute Gasteiger partial charge is 0.776 e. The van der Waals surface area contributed by atoms with Gasteiger partial charge in [0.05, 0.1) is 29.5 Å². The molecule has 0 aliphatic heterocycles. The number of hydrogen-bond donors (Lipinski definition) is 4. The quantitative estimate of drug-likeness (QED) is 0.166. The van der Waals surface area contributed by atoms with Crippen molar-refractivity contribution in [2.24, 2.45) is 34.3 Å². The van der Waals surface area contributed by atoms with E-state index >= 15 is 0 Å². The molecule has 15 nitrogen and oxygen atoms in total. The molecule has 0 spiro atoms. The molecule has 19 heteroatoms. The largest absolute Gasteiger partial charge is 1.00 e. The molecule has 1 aromatic carbocycles. The summed E-state index contributed by atoms with van der Waals surface area (Å²) >= 11 is 0. The number of benzene rings is 1. The standard InChI is InChI=1S/C20H24O2.C17H19N5.C3H11NO7P2.2Na/c1-12-10-14-15-4-5-18(22)20(15,3)9-7-16(14)19(2)8-6-13(21)11-17(12)19;1-16(2,9-18)14-5-13(8-22-12-20-11-21-22)6-15(7-14)17(3,4)10-19;4-2-1-3(5,12(6,7)8)13(9,10)11;;/h6,8,11,14-16H,1,4-5,7,9-10H2,2-3H3;5-7,11-12H,8H2,1-4H3;5H,1-2,4H2,(H2,6,7,8)(H2,9,10,11);;/q;;;2*+1/p-2/t14-,15-,16-,19+,20-;;;;/m0..../s1. The fourth-order valence-corrected chi connectivity index (χ4v) is 10.9. The summed E-state index contributed by atoms with van der Waals surface area (Å²) in [6.07, 6.45) is 12.6. The number of nitriles is 2. The zero-order valence-corrected chi connectivity index (χ0v) is 41.0. The van der Waals surface area contributed by atoms with Crippen LogP contribution in [0.25, 0.3) is 0 Å². The Morgan fingerprint density at radius 1 is 1.00 bits per heavy atom. The van der Waals surface area contributed by atoms with Gasteiger partial charge in [0.2, 0.25) is 0 Å². The molecule has 2 aromatic rings. The molecule has 5 N–H and O–H groups in total. The molecular weight excluding hydrogens is 816 g/mol. The summed E-state index contributed by atoms with van der Waals surface area (Å²) in [5.74, 6) is 2.14. The Kier molecular flexibility index (Phi) is 17.7. The van der Waals surface area contributed by atoms with Gasteiger partial charge in [0, 0.05) is 23.7 Å². The summed E-state index contributed by atoms with van der Waals surface area (Å²) in [6.45, 7) is 16.3. The first kappa shape index (κ1) is 53.3. The summed E-state index contributed by atoms with van der Waals surface area (Å²) < 4.78 is 22.6. The van der Waals surface area contributed by atoms with E-state index < -0.39 is 44.1 Å². The number of Topliss-reactive ketones (excluding diaryl/α,β-unsaturated/α-hetero) is 1.